The molecule has 8 nitrogen and oxygen atoms in total. The molecular weight excluding hydrogens is 242 g/mol. The Kier molecular flexibility index (Phi) is 4.90. The number of carbonyl (C=O) groups excluding carboxylic acids is 2. The second kappa shape index (κ2) is 6.20. The van der Waals surface area contributed by atoms with E-state index >= 15 is 0 Å². The molecule has 0 aliphatic carbocycles. The molecule has 18 heavy (non-hydrogen) atoms. The van der Waals surface area contributed by atoms with Crippen LogP contribution in [-0.2, 0) is 9.59 Å². The number of urea groups is 1. The Labute approximate surface area is 104 Å². The van der Waals surface area contributed by atoms with Gasteiger partial charge in [-0.2, -0.15) is 0 Å². The second-order valence-electron chi connectivity index (χ2n) is 4.01. The molecule has 0 aromatic heterocycles. The average molecular weight is 259 g/mol. The molecule has 4 N–H and O–H groups in total. The number of carbonyl (C=O) groups is 3. The van der Waals surface area contributed by atoms with Crippen LogP contribution in [0, 0.1) is 0 Å². The van der Waals surface area contributed by atoms with Crippen molar-refractivity contribution in [2.45, 2.75) is 25.4 Å². The maximum atomic E-state index is 11.8. The minimum atomic E-state index is -1.22. The van der Waals surface area contributed by atoms with E-state index in [0.29, 0.717) is 13.1 Å². The number of hydrogen-bond donors (Lipinski definition) is 4. The monoisotopic (exact) mass is 259 g/mol. The van der Waals surface area contributed by atoms with Crippen LogP contribution in [0.2, 0.25) is 0 Å². The number of rotatable bonds is 4. The highest BCUT2D eigenvalue weighted by molar-refractivity contribution is 5.89. The Balaban J connectivity index is 2.63. The highest BCUT2D eigenvalue weighted by atomic mass is 16.4. The summed E-state index contributed by atoms with van der Waals surface area (Å²) in [4.78, 5) is 35.3. The third-order valence-corrected chi connectivity index (χ3v) is 2.77. The molecule has 0 aromatic carbocycles. The second-order valence-corrected chi connectivity index (χ2v) is 4.01. The first-order valence-corrected chi connectivity index (χ1v) is 5.66. The number of aliphatic carboxylic acids is 1. The van der Waals surface area contributed by atoms with Crippen molar-refractivity contribution in [2.24, 2.45) is 0 Å². The summed E-state index contributed by atoms with van der Waals surface area (Å²) in [6.07, 6.45) is -0.0739. The number of aliphatic hydroxyl groups is 1. The van der Waals surface area contributed by atoms with Gasteiger partial charge >= 0.3 is 12.0 Å². The molecule has 1 rings (SSSR count). The minimum Gasteiger partial charge on any atom is -0.480 e. The van der Waals surface area contributed by atoms with Gasteiger partial charge in [0.05, 0.1) is 0 Å². The summed E-state index contributed by atoms with van der Waals surface area (Å²) in [5, 5.41) is 22.4. The van der Waals surface area contributed by atoms with Crippen molar-refractivity contribution >= 4 is 17.9 Å². The lowest BCUT2D eigenvalue weighted by atomic mass is 10.2. The van der Waals surface area contributed by atoms with Crippen LogP contribution in [0.25, 0.3) is 0 Å². The average Bonchev–Trinajstić information content (AvgIpc) is 2.31. The molecule has 1 aliphatic heterocycles. The molecule has 1 unspecified atom stereocenters. The Hall–Kier alpha value is -1.83. The first-order chi connectivity index (χ1) is 8.47. The van der Waals surface area contributed by atoms with Gasteiger partial charge in [0.25, 0.3) is 0 Å². The van der Waals surface area contributed by atoms with E-state index < -0.39 is 24.1 Å². The Morgan fingerprint density at radius 1 is 1.61 bits per heavy atom. The number of nitrogens with one attached hydrogen (secondary N) is 2. The standard InChI is InChI=1S/C10H17N3O5/c1-6-8(15)11-3-4-13(6)10(18)12-7(2-5-14)9(16)17/h6-7,14H,2-5H2,1H3,(H,11,15)(H,12,18)(H,16,17)/t6?,7-/m0/s1. The van der Waals surface area contributed by atoms with E-state index in [-0.39, 0.29) is 18.9 Å². The van der Waals surface area contributed by atoms with E-state index in [4.69, 9.17) is 10.2 Å². The summed E-state index contributed by atoms with van der Waals surface area (Å²) in [6.45, 7) is 1.89. The molecule has 8 heteroatoms. The Bertz CT molecular complexity index is 346. The van der Waals surface area contributed by atoms with Gasteiger partial charge in [-0.05, 0) is 6.92 Å². The van der Waals surface area contributed by atoms with Crippen LogP contribution < -0.4 is 10.6 Å². The molecule has 102 valence electrons. The number of carboxylic acids is 1. The fourth-order valence-corrected chi connectivity index (χ4v) is 1.68. The normalized spacial score (nSPS) is 21.1. The van der Waals surface area contributed by atoms with Gasteiger partial charge in [0.2, 0.25) is 5.91 Å². The van der Waals surface area contributed by atoms with Crippen LogP contribution in [0.1, 0.15) is 13.3 Å². The first kappa shape index (κ1) is 14.2. The molecule has 1 heterocycles. The lowest BCUT2D eigenvalue weighted by Gasteiger charge is -2.33. The molecule has 0 spiro atoms. The molecule has 0 aromatic rings. The summed E-state index contributed by atoms with van der Waals surface area (Å²) in [6, 6.07) is -2.40. The van der Waals surface area contributed by atoms with Crippen molar-refractivity contribution in [2.75, 3.05) is 19.7 Å². The van der Waals surface area contributed by atoms with Gasteiger partial charge in [-0.3, -0.25) is 4.79 Å². The zero-order valence-corrected chi connectivity index (χ0v) is 10.0. The molecule has 1 fully saturated rings. The molecule has 0 bridgehead atoms. The fraction of sp³-hybridized carbons (Fsp3) is 0.700. The zero-order chi connectivity index (χ0) is 13.7. The summed E-state index contributed by atoms with van der Waals surface area (Å²) in [5.41, 5.74) is 0. The van der Waals surface area contributed by atoms with Gasteiger partial charge in [0.15, 0.2) is 0 Å². The fourth-order valence-electron chi connectivity index (χ4n) is 1.68. The van der Waals surface area contributed by atoms with Gasteiger partial charge in [-0.15, -0.1) is 0 Å². The molecule has 2 atom stereocenters. The third kappa shape index (κ3) is 3.33. The highest BCUT2D eigenvalue weighted by Crippen LogP contribution is 2.05. The van der Waals surface area contributed by atoms with E-state index in [1.165, 1.54) is 4.90 Å². The molecule has 1 saturated heterocycles. The van der Waals surface area contributed by atoms with Gasteiger partial charge in [0, 0.05) is 26.1 Å². The molecule has 3 amide bonds. The van der Waals surface area contributed by atoms with Crippen molar-refractivity contribution in [1.29, 1.82) is 0 Å². The summed E-state index contributed by atoms with van der Waals surface area (Å²) >= 11 is 0. The van der Waals surface area contributed by atoms with Crippen LogP contribution >= 0.6 is 0 Å². The first-order valence-electron chi connectivity index (χ1n) is 5.66. The van der Waals surface area contributed by atoms with Crippen LogP contribution in [0.5, 0.6) is 0 Å². The predicted molar refractivity (Wildman–Crippen MR) is 60.8 cm³/mol. The topological polar surface area (TPSA) is 119 Å². The van der Waals surface area contributed by atoms with E-state index in [2.05, 4.69) is 10.6 Å². The molecular formula is C10H17N3O5. The SMILES string of the molecule is CC1C(=O)NCCN1C(=O)N[C@@H](CCO)C(=O)O. The van der Waals surface area contributed by atoms with Gasteiger partial charge < -0.3 is 25.7 Å². The number of hydrogen-bond acceptors (Lipinski definition) is 4. The number of carboxylic acid groups (broad SMARTS) is 1. The van der Waals surface area contributed by atoms with Crippen molar-refractivity contribution in [3.63, 3.8) is 0 Å². The maximum absolute atomic E-state index is 11.8. The number of amides is 3. The van der Waals surface area contributed by atoms with Crippen LogP contribution in [0.15, 0.2) is 0 Å². The van der Waals surface area contributed by atoms with Gasteiger partial charge in [-0.1, -0.05) is 0 Å². The molecule has 1 aliphatic rings. The summed E-state index contributed by atoms with van der Waals surface area (Å²) < 4.78 is 0. The quantitative estimate of drug-likeness (QED) is 0.482. The summed E-state index contributed by atoms with van der Waals surface area (Å²) in [5.74, 6) is -1.49. The maximum Gasteiger partial charge on any atom is 0.326 e. The van der Waals surface area contributed by atoms with Crippen molar-refractivity contribution < 1.29 is 24.6 Å². The summed E-state index contributed by atoms with van der Waals surface area (Å²) in [7, 11) is 0. The van der Waals surface area contributed by atoms with E-state index in [0.717, 1.165) is 0 Å². The highest BCUT2D eigenvalue weighted by Gasteiger charge is 2.31. The largest absolute Gasteiger partial charge is 0.480 e. The number of aliphatic hydroxyl groups excluding tert-OH is 1. The predicted octanol–water partition coefficient (Wildman–Crippen LogP) is -1.65. The Morgan fingerprint density at radius 2 is 2.28 bits per heavy atom. The van der Waals surface area contributed by atoms with E-state index in [9.17, 15) is 14.4 Å². The molecule has 0 radical (unpaired) electrons. The van der Waals surface area contributed by atoms with E-state index in [1.807, 2.05) is 0 Å². The van der Waals surface area contributed by atoms with Crippen molar-refractivity contribution in [1.82, 2.24) is 15.5 Å². The van der Waals surface area contributed by atoms with Crippen LogP contribution in [0.3, 0.4) is 0 Å². The van der Waals surface area contributed by atoms with Crippen molar-refractivity contribution in [3.8, 4) is 0 Å². The number of nitrogens with zero attached hydrogens (tertiary/aromatic N) is 1. The number of piperazine rings is 1. The minimum absolute atomic E-state index is 0.0739. The van der Waals surface area contributed by atoms with Crippen LogP contribution in [-0.4, -0.2) is 64.8 Å². The van der Waals surface area contributed by atoms with Crippen molar-refractivity contribution in [3.05, 3.63) is 0 Å². The smallest absolute Gasteiger partial charge is 0.326 e. The van der Waals surface area contributed by atoms with Gasteiger partial charge in [-0.25, -0.2) is 9.59 Å². The van der Waals surface area contributed by atoms with Gasteiger partial charge in [0.1, 0.15) is 12.1 Å². The van der Waals surface area contributed by atoms with Crippen LogP contribution in [0.4, 0.5) is 4.79 Å². The Morgan fingerprint density at radius 3 is 2.83 bits per heavy atom. The third-order valence-electron chi connectivity index (χ3n) is 2.77. The zero-order valence-electron chi connectivity index (χ0n) is 10.0. The lowest BCUT2D eigenvalue weighted by molar-refractivity contribution is -0.139. The van der Waals surface area contributed by atoms with E-state index in [1.54, 1.807) is 6.92 Å². The molecule has 0 saturated carbocycles. The lowest BCUT2D eigenvalue weighted by Crippen LogP contribution is -2.60.